The summed E-state index contributed by atoms with van der Waals surface area (Å²) < 4.78 is 23.6. The number of likely N-dealkylation sites (N-methyl/N-ethyl adjacent to an activating group) is 1. The molecule has 0 aliphatic rings. The van der Waals surface area contributed by atoms with Crippen molar-refractivity contribution >= 4 is 19.6 Å². The van der Waals surface area contributed by atoms with Crippen molar-refractivity contribution < 1.29 is 32.6 Å². The minimum absolute atomic E-state index is 0.00614. The second-order valence-electron chi connectivity index (χ2n) is 15.6. The van der Waals surface area contributed by atoms with Gasteiger partial charge in [-0.05, 0) is 12.8 Å². The second kappa shape index (κ2) is 33.8. The summed E-state index contributed by atoms with van der Waals surface area (Å²) in [5, 5.41) is 5.63. The Kier molecular flexibility index (Phi) is 33.2. The van der Waals surface area contributed by atoms with E-state index in [1.807, 2.05) is 21.1 Å². The van der Waals surface area contributed by atoms with Gasteiger partial charge >= 0.3 is 0 Å². The van der Waals surface area contributed by atoms with Gasteiger partial charge in [-0.2, -0.15) is 0 Å². The lowest BCUT2D eigenvalue weighted by molar-refractivity contribution is -0.870. The van der Waals surface area contributed by atoms with E-state index in [0.717, 1.165) is 38.5 Å². The molecule has 9 nitrogen and oxygen atoms in total. The van der Waals surface area contributed by atoms with Gasteiger partial charge in [0.1, 0.15) is 19.3 Å². The van der Waals surface area contributed by atoms with Crippen LogP contribution in [0.1, 0.15) is 194 Å². The quantitative estimate of drug-likeness (QED) is 0.0371. The van der Waals surface area contributed by atoms with Crippen LogP contribution in [0.2, 0.25) is 0 Å². The first kappa shape index (κ1) is 49.0. The molecule has 0 aromatic rings. The summed E-state index contributed by atoms with van der Waals surface area (Å²) in [4.78, 5) is 37.7. The summed E-state index contributed by atoms with van der Waals surface area (Å²) in [6.07, 6.45) is 32.2. The molecule has 0 rings (SSSR count). The number of phosphoric ester groups is 1. The Labute approximate surface area is 309 Å². The van der Waals surface area contributed by atoms with Crippen molar-refractivity contribution in [3.8, 4) is 0 Å². The molecule has 0 heterocycles. The van der Waals surface area contributed by atoms with Crippen LogP contribution < -0.4 is 15.5 Å². The molecule has 2 N–H and O–H groups in total. The molecule has 0 saturated carbocycles. The van der Waals surface area contributed by atoms with Gasteiger partial charge in [-0.15, -0.1) is 0 Å². The van der Waals surface area contributed by atoms with Gasteiger partial charge < -0.3 is 29.1 Å². The molecule has 50 heavy (non-hydrogen) atoms. The molecule has 0 spiro atoms. The van der Waals surface area contributed by atoms with Crippen LogP contribution in [-0.4, -0.2) is 69.8 Å². The molecule has 0 aromatic carbocycles. The van der Waals surface area contributed by atoms with E-state index in [4.69, 9.17) is 9.05 Å². The van der Waals surface area contributed by atoms with Gasteiger partial charge in [0.05, 0.1) is 21.1 Å². The van der Waals surface area contributed by atoms with Gasteiger partial charge in [0.25, 0.3) is 7.82 Å². The molecule has 298 valence electrons. The maximum Gasteiger partial charge on any atom is 0.268 e. The van der Waals surface area contributed by atoms with E-state index in [-0.39, 0.29) is 31.5 Å². The molecule has 0 saturated heterocycles. The van der Waals surface area contributed by atoms with Gasteiger partial charge in [-0.25, -0.2) is 0 Å². The molecule has 0 aliphatic heterocycles. The number of nitrogens with zero attached hydrogens (tertiary/aromatic N) is 1. The van der Waals surface area contributed by atoms with E-state index < -0.39 is 13.9 Å². The molecular formula is C40H82N3O6P. The highest BCUT2D eigenvalue weighted by atomic mass is 31.2. The molecule has 1 atom stereocenters. The fourth-order valence-corrected chi connectivity index (χ4v) is 6.91. The molecule has 0 aliphatic carbocycles. The fraction of sp³-hybridized carbons (Fsp3) is 0.950. The zero-order chi connectivity index (χ0) is 37.2. The van der Waals surface area contributed by atoms with Crippen molar-refractivity contribution in [2.75, 3.05) is 47.4 Å². The van der Waals surface area contributed by atoms with Gasteiger partial charge in [-0.3, -0.25) is 14.2 Å². The smallest absolute Gasteiger partial charge is 0.268 e. The number of carbonyl (C=O) groups is 2. The summed E-state index contributed by atoms with van der Waals surface area (Å²) in [5.74, 6) is -0.265. The average molecular weight is 732 g/mol. The first-order valence-corrected chi connectivity index (χ1v) is 22.4. The van der Waals surface area contributed by atoms with Crippen LogP contribution in [-0.2, 0) is 23.2 Å². The number of nitrogens with one attached hydrogen (secondary N) is 2. The molecule has 0 bridgehead atoms. The highest BCUT2D eigenvalue weighted by Crippen LogP contribution is 2.39. The van der Waals surface area contributed by atoms with Gasteiger partial charge in [0, 0.05) is 25.9 Å². The third-order valence-electron chi connectivity index (χ3n) is 9.36. The predicted octanol–water partition coefficient (Wildman–Crippen LogP) is 9.76. The van der Waals surface area contributed by atoms with E-state index in [1.54, 1.807) is 0 Å². The van der Waals surface area contributed by atoms with E-state index in [9.17, 15) is 19.0 Å². The number of phosphoric acid groups is 1. The third-order valence-corrected chi connectivity index (χ3v) is 10.4. The lowest BCUT2D eigenvalue weighted by Crippen LogP contribution is -2.42. The lowest BCUT2D eigenvalue weighted by atomic mass is 10.0. The zero-order valence-corrected chi connectivity index (χ0v) is 34.4. The van der Waals surface area contributed by atoms with E-state index in [2.05, 4.69) is 24.5 Å². The van der Waals surface area contributed by atoms with E-state index in [1.165, 1.54) is 128 Å². The van der Waals surface area contributed by atoms with Crippen LogP contribution in [0.3, 0.4) is 0 Å². The van der Waals surface area contributed by atoms with Crippen LogP contribution >= 0.6 is 7.82 Å². The largest absolute Gasteiger partial charge is 0.756 e. The lowest BCUT2D eigenvalue weighted by Gasteiger charge is -2.30. The third kappa shape index (κ3) is 36.8. The van der Waals surface area contributed by atoms with Crippen molar-refractivity contribution in [2.24, 2.45) is 0 Å². The molecule has 2 amide bonds. The summed E-state index contributed by atoms with van der Waals surface area (Å²) in [6, 6.07) is 0. The van der Waals surface area contributed by atoms with Gasteiger partial charge in [0.2, 0.25) is 11.8 Å². The second-order valence-corrected chi connectivity index (χ2v) is 17.0. The Morgan fingerprint density at radius 1 is 0.560 bits per heavy atom. The maximum atomic E-state index is 12.6. The van der Waals surface area contributed by atoms with Crippen LogP contribution in [0.25, 0.3) is 0 Å². The Hall–Kier alpha value is -0.990. The number of hydrogen-bond acceptors (Lipinski definition) is 6. The Morgan fingerprint density at radius 2 is 0.860 bits per heavy atom. The number of amides is 2. The molecule has 0 fully saturated rings. The first-order chi connectivity index (χ1) is 24.0. The normalized spacial score (nSPS) is 13.1. The van der Waals surface area contributed by atoms with Gasteiger partial charge in [0.15, 0.2) is 0 Å². The standard InChI is InChI=1S/C40H82N3O6P/c1-6-8-10-12-14-16-18-20-22-24-26-28-30-32-39(44)41-36-38(49-50(46,47)48-35-34-43(3,4)5)37-42-40(45)33-31-29-27-25-23-21-19-17-15-13-11-9-7-2/h38H,6-37H2,1-5H3,(H2-,41,42,44,45,46,47). The van der Waals surface area contributed by atoms with Crippen LogP contribution in [0.5, 0.6) is 0 Å². The number of unbranched alkanes of at least 4 members (excludes halogenated alkanes) is 24. The Balaban J connectivity index is 4.33. The highest BCUT2D eigenvalue weighted by molar-refractivity contribution is 7.45. The minimum atomic E-state index is -4.62. The molecule has 1 unspecified atom stereocenters. The van der Waals surface area contributed by atoms with E-state index >= 15 is 0 Å². The highest BCUT2D eigenvalue weighted by Gasteiger charge is 2.21. The van der Waals surface area contributed by atoms with Crippen molar-refractivity contribution in [3.05, 3.63) is 0 Å². The minimum Gasteiger partial charge on any atom is -0.756 e. The maximum absolute atomic E-state index is 12.6. The average Bonchev–Trinajstić information content (AvgIpc) is 3.05. The van der Waals surface area contributed by atoms with Crippen LogP contribution in [0, 0.1) is 0 Å². The summed E-state index contributed by atoms with van der Waals surface area (Å²) in [5.41, 5.74) is 0. The number of carbonyl (C=O) groups excluding carboxylic acids is 2. The van der Waals surface area contributed by atoms with Gasteiger partial charge in [-0.1, -0.05) is 168 Å². The van der Waals surface area contributed by atoms with Crippen LogP contribution in [0.4, 0.5) is 0 Å². The zero-order valence-electron chi connectivity index (χ0n) is 33.5. The summed E-state index contributed by atoms with van der Waals surface area (Å²) in [6.45, 7) is 4.97. The first-order valence-electron chi connectivity index (χ1n) is 21.0. The SMILES string of the molecule is CCCCCCCCCCCCCCCC(=O)NCC(CNC(=O)CCCCCCCCCCCCCCC)OP(=O)([O-])OCC[N+](C)(C)C. The molecular weight excluding hydrogens is 649 g/mol. The van der Waals surface area contributed by atoms with Crippen LogP contribution in [0.15, 0.2) is 0 Å². The molecule has 0 aromatic heterocycles. The summed E-state index contributed by atoms with van der Waals surface area (Å²) >= 11 is 0. The van der Waals surface area contributed by atoms with E-state index in [0.29, 0.717) is 23.9 Å². The Bertz CT molecular complexity index is 792. The van der Waals surface area contributed by atoms with Crippen molar-refractivity contribution in [2.45, 2.75) is 200 Å². The molecule has 10 heteroatoms. The predicted molar refractivity (Wildman–Crippen MR) is 208 cm³/mol. The van der Waals surface area contributed by atoms with Crippen molar-refractivity contribution in [1.29, 1.82) is 0 Å². The van der Waals surface area contributed by atoms with Crippen molar-refractivity contribution in [1.82, 2.24) is 10.6 Å². The summed E-state index contributed by atoms with van der Waals surface area (Å²) in [7, 11) is 1.22. The number of hydrogen-bond donors (Lipinski definition) is 2. The molecule has 0 radical (unpaired) electrons. The Morgan fingerprint density at radius 3 is 1.16 bits per heavy atom. The topological polar surface area (TPSA) is 117 Å². The number of quaternary nitrogens is 1. The number of rotatable bonds is 38. The fourth-order valence-electron chi connectivity index (χ4n) is 6.02. The monoisotopic (exact) mass is 732 g/mol. The van der Waals surface area contributed by atoms with Crippen molar-refractivity contribution in [3.63, 3.8) is 0 Å².